The molecule has 0 heterocycles. The van der Waals surface area contributed by atoms with Crippen LogP contribution in [0.5, 0.6) is 0 Å². The smallest absolute Gasteiger partial charge is 0.305 e. The summed E-state index contributed by atoms with van der Waals surface area (Å²) >= 11 is 0. The monoisotopic (exact) mass is 1070 g/mol. The highest BCUT2D eigenvalue weighted by atomic mass is 16.5. The number of carbonyl (C=O) groups is 2. The summed E-state index contributed by atoms with van der Waals surface area (Å²) in [5, 5.41) is 23.3. The fourth-order valence-corrected chi connectivity index (χ4v) is 10.9. The van der Waals surface area contributed by atoms with E-state index in [0.717, 1.165) is 44.9 Å². The Kier molecular flexibility index (Phi) is 64.4. The molecule has 3 N–H and O–H groups in total. The van der Waals surface area contributed by atoms with Crippen molar-refractivity contribution in [2.75, 3.05) is 13.2 Å². The predicted molar refractivity (Wildman–Crippen MR) is 333 cm³/mol. The zero-order chi connectivity index (χ0) is 55.0. The Morgan fingerprint density at radius 3 is 0.934 bits per heavy atom. The van der Waals surface area contributed by atoms with Crippen LogP contribution in [0.25, 0.3) is 0 Å². The summed E-state index contributed by atoms with van der Waals surface area (Å²) in [5.41, 5.74) is 0. The Morgan fingerprint density at radius 1 is 0.355 bits per heavy atom. The molecule has 450 valence electrons. The van der Waals surface area contributed by atoms with Gasteiger partial charge in [-0.2, -0.15) is 0 Å². The van der Waals surface area contributed by atoms with E-state index in [1.54, 1.807) is 6.08 Å². The van der Waals surface area contributed by atoms with E-state index >= 15 is 0 Å². The van der Waals surface area contributed by atoms with Crippen LogP contribution in [-0.2, 0) is 14.3 Å². The number of carbonyl (C=O) groups excluding carboxylic acids is 2. The summed E-state index contributed by atoms with van der Waals surface area (Å²) in [6.45, 7) is 4.93. The zero-order valence-corrected chi connectivity index (χ0v) is 51.5. The lowest BCUT2D eigenvalue weighted by Gasteiger charge is -2.20. The standard InChI is InChI=1S/C70H135NO5/c1-3-5-7-9-11-13-15-17-19-21-22-23-24-25-26-28-31-34-38-42-46-50-54-58-62-68(73)67(66-72)71-69(74)63-59-55-51-47-43-39-35-32-29-27-30-33-37-41-45-49-53-57-61-65-76-70(75)64-60-56-52-48-44-40-36-20-18-16-14-12-10-8-6-4-2/h20,36,58,62,67-68,72-73H,3-19,21-35,37-57,59-61,63-66H2,1-2H3,(H,71,74)/b36-20-,62-58+. The van der Waals surface area contributed by atoms with E-state index in [-0.39, 0.29) is 18.5 Å². The van der Waals surface area contributed by atoms with Gasteiger partial charge in [0.2, 0.25) is 5.91 Å². The number of aliphatic hydroxyl groups excluding tert-OH is 2. The highest BCUT2D eigenvalue weighted by Crippen LogP contribution is 2.19. The summed E-state index contributed by atoms with van der Waals surface area (Å²) in [4.78, 5) is 24.6. The van der Waals surface area contributed by atoms with Gasteiger partial charge in [0, 0.05) is 12.8 Å². The van der Waals surface area contributed by atoms with Crippen LogP contribution >= 0.6 is 0 Å². The average molecular weight is 1070 g/mol. The molecule has 0 aromatic rings. The third kappa shape index (κ3) is 61.6. The fourth-order valence-electron chi connectivity index (χ4n) is 10.9. The molecule has 0 bridgehead atoms. The second-order valence-electron chi connectivity index (χ2n) is 23.9. The lowest BCUT2D eigenvalue weighted by molar-refractivity contribution is -0.143. The zero-order valence-electron chi connectivity index (χ0n) is 51.5. The molecule has 0 fully saturated rings. The number of unbranched alkanes of at least 4 members (excludes halogenated alkanes) is 52. The number of amides is 1. The van der Waals surface area contributed by atoms with Gasteiger partial charge in [-0.25, -0.2) is 0 Å². The summed E-state index contributed by atoms with van der Waals surface area (Å²) in [7, 11) is 0. The number of hydrogen-bond donors (Lipinski definition) is 3. The van der Waals surface area contributed by atoms with Gasteiger partial charge in [-0.05, 0) is 57.8 Å². The molecule has 0 aliphatic heterocycles. The van der Waals surface area contributed by atoms with E-state index in [4.69, 9.17) is 4.74 Å². The van der Waals surface area contributed by atoms with Crippen molar-refractivity contribution < 1.29 is 24.5 Å². The third-order valence-corrected chi connectivity index (χ3v) is 16.2. The summed E-state index contributed by atoms with van der Waals surface area (Å²) in [6, 6.07) is -0.632. The first-order valence-corrected chi connectivity index (χ1v) is 34.6. The molecule has 0 rings (SSSR count). The van der Waals surface area contributed by atoms with Gasteiger partial charge in [-0.15, -0.1) is 0 Å². The van der Waals surface area contributed by atoms with Gasteiger partial charge in [-0.3, -0.25) is 9.59 Å². The SMILES string of the molecule is CCCCCCCCC/C=C\CCCCCCCC(=O)OCCCCCCCCCCCCCCCCCCCCCC(=O)NC(CO)C(O)/C=C/CCCCCCCCCCCCCCCCCCCCCCCC. The van der Waals surface area contributed by atoms with Gasteiger partial charge in [0.15, 0.2) is 0 Å². The van der Waals surface area contributed by atoms with Crippen molar-refractivity contribution in [2.24, 2.45) is 0 Å². The highest BCUT2D eigenvalue weighted by Gasteiger charge is 2.18. The lowest BCUT2D eigenvalue weighted by atomic mass is 10.0. The second kappa shape index (κ2) is 65.9. The van der Waals surface area contributed by atoms with E-state index < -0.39 is 12.1 Å². The Bertz CT molecular complexity index is 1190. The average Bonchev–Trinajstić information content (AvgIpc) is 3.42. The molecule has 0 saturated carbocycles. The molecule has 0 aromatic heterocycles. The molecule has 2 unspecified atom stereocenters. The Hall–Kier alpha value is -1.66. The molecular formula is C70H135NO5. The van der Waals surface area contributed by atoms with Crippen LogP contribution in [0.2, 0.25) is 0 Å². The van der Waals surface area contributed by atoms with Crippen LogP contribution in [0.3, 0.4) is 0 Å². The Morgan fingerprint density at radius 2 is 0.618 bits per heavy atom. The lowest BCUT2D eigenvalue weighted by Crippen LogP contribution is -2.45. The summed E-state index contributed by atoms with van der Waals surface area (Å²) < 4.78 is 5.49. The van der Waals surface area contributed by atoms with Crippen molar-refractivity contribution in [3.8, 4) is 0 Å². The predicted octanol–water partition coefficient (Wildman–Crippen LogP) is 22.1. The normalized spacial score (nSPS) is 12.6. The number of hydrogen-bond acceptors (Lipinski definition) is 5. The van der Waals surface area contributed by atoms with Gasteiger partial charge in [0.1, 0.15) is 0 Å². The van der Waals surface area contributed by atoms with Gasteiger partial charge < -0.3 is 20.3 Å². The topological polar surface area (TPSA) is 95.9 Å². The van der Waals surface area contributed by atoms with Gasteiger partial charge >= 0.3 is 5.97 Å². The summed E-state index contributed by atoms with van der Waals surface area (Å²) in [5.74, 6) is -0.0648. The first kappa shape index (κ1) is 74.3. The molecule has 0 radical (unpaired) electrons. The van der Waals surface area contributed by atoms with E-state index in [2.05, 4.69) is 31.3 Å². The number of rotatable bonds is 65. The van der Waals surface area contributed by atoms with Crippen LogP contribution in [0.15, 0.2) is 24.3 Å². The van der Waals surface area contributed by atoms with Crippen molar-refractivity contribution in [1.82, 2.24) is 5.32 Å². The molecule has 0 aliphatic carbocycles. The van der Waals surface area contributed by atoms with Crippen molar-refractivity contribution in [3.63, 3.8) is 0 Å². The molecule has 0 aromatic carbocycles. The fraction of sp³-hybridized carbons (Fsp3) is 0.914. The number of allylic oxidation sites excluding steroid dienone is 3. The summed E-state index contributed by atoms with van der Waals surface area (Å²) in [6.07, 6.45) is 82.4. The van der Waals surface area contributed by atoms with Crippen LogP contribution < -0.4 is 5.32 Å². The second-order valence-corrected chi connectivity index (χ2v) is 23.9. The molecule has 2 atom stereocenters. The van der Waals surface area contributed by atoms with Crippen LogP contribution in [0.4, 0.5) is 0 Å². The minimum atomic E-state index is -0.848. The maximum Gasteiger partial charge on any atom is 0.305 e. The number of nitrogens with one attached hydrogen (secondary N) is 1. The molecule has 0 saturated heterocycles. The van der Waals surface area contributed by atoms with Crippen LogP contribution in [-0.4, -0.2) is 47.4 Å². The van der Waals surface area contributed by atoms with E-state index in [0.29, 0.717) is 19.4 Å². The number of esters is 1. The van der Waals surface area contributed by atoms with Gasteiger partial charge in [0.25, 0.3) is 0 Å². The van der Waals surface area contributed by atoms with E-state index in [1.165, 1.54) is 315 Å². The molecular weight excluding hydrogens is 935 g/mol. The molecule has 6 nitrogen and oxygen atoms in total. The maximum atomic E-state index is 12.5. The molecule has 76 heavy (non-hydrogen) atoms. The Balaban J connectivity index is 3.42. The van der Waals surface area contributed by atoms with Gasteiger partial charge in [-0.1, -0.05) is 340 Å². The largest absolute Gasteiger partial charge is 0.466 e. The highest BCUT2D eigenvalue weighted by molar-refractivity contribution is 5.76. The van der Waals surface area contributed by atoms with E-state index in [1.807, 2.05) is 6.08 Å². The number of ether oxygens (including phenoxy) is 1. The van der Waals surface area contributed by atoms with Crippen molar-refractivity contribution >= 4 is 11.9 Å². The minimum absolute atomic E-state index is 0.00191. The van der Waals surface area contributed by atoms with Crippen LogP contribution in [0.1, 0.15) is 386 Å². The molecule has 0 aliphatic rings. The van der Waals surface area contributed by atoms with Crippen LogP contribution in [0, 0.1) is 0 Å². The molecule has 6 heteroatoms. The first-order valence-electron chi connectivity index (χ1n) is 34.6. The number of aliphatic hydroxyl groups is 2. The Labute approximate surface area is 475 Å². The maximum absolute atomic E-state index is 12.5. The van der Waals surface area contributed by atoms with Crippen molar-refractivity contribution in [3.05, 3.63) is 24.3 Å². The third-order valence-electron chi connectivity index (χ3n) is 16.2. The van der Waals surface area contributed by atoms with E-state index in [9.17, 15) is 19.8 Å². The van der Waals surface area contributed by atoms with Gasteiger partial charge in [0.05, 0.1) is 25.4 Å². The van der Waals surface area contributed by atoms with Crippen molar-refractivity contribution in [1.29, 1.82) is 0 Å². The molecule has 1 amide bonds. The molecule has 0 spiro atoms. The van der Waals surface area contributed by atoms with Crippen molar-refractivity contribution in [2.45, 2.75) is 398 Å². The minimum Gasteiger partial charge on any atom is -0.466 e. The first-order chi connectivity index (χ1) is 37.5. The quantitative estimate of drug-likeness (QED) is 0.0320.